The van der Waals surface area contributed by atoms with E-state index in [2.05, 4.69) is 10.4 Å². The lowest BCUT2D eigenvalue weighted by molar-refractivity contribution is -0.385. The number of nitrogens with one attached hydrogen (secondary N) is 1. The van der Waals surface area contributed by atoms with Gasteiger partial charge in [0.25, 0.3) is 5.91 Å². The Morgan fingerprint density at radius 3 is 2.77 bits per heavy atom. The summed E-state index contributed by atoms with van der Waals surface area (Å²) in [7, 11) is 0. The molecule has 14 heteroatoms. The maximum Gasteiger partial charge on any atom is 0.352 e. The van der Waals surface area contributed by atoms with Crippen molar-refractivity contribution in [2.24, 2.45) is 5.92 Å². The molecule has 31 heavy (non-hydrogen) atoms. The van der Waals surface area contributed by atoms with E-state index in [4.69, 9.17) is 4.74 Å². The molecule has 2 amide bonds. The predicted octanol–water partition coefficient (Wildman–Crippen LogP) is -0.271. The van der Waals surface area contributed by atoms with E-state index in [0.717, 1.165) is 11.1 Å². The molecule has 2 aliphatic rings. The number of esters is 1. The van der Waals surface area contributed by atoms with Gasteiger partial charge in [-0.2, -0.15) is 5.10 Å². The Balaban J connectivity index is 1.64. The van der Waals surface area contributed by atoms with Crippen LogP contribution in [0.5, 0.6) is 0 Å². The normalized spacial score (nSPS) is 21.1. The van der Waals surface area contributed by atoms with Crippen LogP contribution in [-0.4, -0.2) is 72.2 Å². The summed E-state index contributed by atoms with van der Waals surface area (Å²) < 4.78 is 6.13. The Hall–Kier alpha value is -3.42. The third kappa shape index (κ3) is 4.52. The van der Waals surface area contributed by atoms with Crippen molar-refractivity contribution in [1.82, 2.24) is 20.0 Å². The molecule has 1 fully saturated rings. The second-order valence-corrected chi connectivity index (χ2v) is 8.12. The van der Waals surface area contributed by atoms with Gasteiger partial charge in [-0.05, 0) is 0 Å². The molecule has 3 rings (SSSR count). The van der Waals surface area contributed by atoms with Gasteiger partial charge in [0.1, 0.15) is 36.1 Å². The van der Waals surface area contributed by atoms with E-state index in [9.17, 15) is 34.4 Å². The molecular formula is C17H19N5O8S. The van der Waals surface area contributed by atoms with Crippen LogP contribution in [-0.2, 0) is 30.5 Å². The molecule has 0 unspecified atom stereocenters. The fraction of sp³-hybridized carbons (Fsp3) is 0.471. The van der Waals surface area contributed by atoms with Gasteiger partial charge in [0.2, 0.25) is 5.91 Å². The first kappa shape index (κ1) is 22.3. The molecule has 166 valence electrons. The number of rotatable bonds is 8. The summed E-state index contributed by atoms with van der Waals surface area (Å²) in [5, 5.41) is 26.1. The van der Waals surface area contributed by atoms with E-state index in [1.165, 1.54) is 29.6 Å². The third-order valence-electron chi connectivity index (χ3n) is 4.74. The number of aliphatic carboxylic acids is 1. The standard InChI is InChI=1S/C17H19N5O8S/c1-8(4-20-5-11(3-18-20)22(28)29)14(24)19-12-15(25)21-13(17(26)27)10(6-30-9(2)23)7-31-16(12)21/h3,5,8,12,16H,4,6-7H2,1-2H3,(H,19,24)(H,26,27)/t8-,12+,16-/m1/s1. The smallest absolute Gasteiger partial charge is 0.352 e. The molecular weight excluding hydrogens is 434 g/mol. The minimum Gasteiger partial charge on any atom is -0.477 e. The number of hydrogen-bond donors (Lipinski definition) is 2. The Kier molecular flexibility index (Phi) is 6.29. The number of thioether (sulfide) groups is 1. The van der Waals surface area contributed by atoms with Crippen molar-refractivity contribution in [2.45, 2.75) is 31.8 Å². The summed E-state index contributed by atoms with van der Waals surface area (Å²) in [5.41, 5.74) is -0.137. The Morgan fingerprint density at radius 1 is 1.48 bits per heavy atom. The maximum absolute atomic E-state index is 12.6. The maximum atomic E-state index is 12.6. The number of carbonyl (C=O) groups is 4. The quantitative estimate of drug-likeness (QED) is 0.231. The summed E-state index contributed by atoms with van der Waals surface area (Å²) in [6.07, 6.45) is 2.27. The summed E-state index contributed by atoms with van der Waals surface area (Å²) in [6.45, 7) is 2.61. The van der Waals surface area contributed by atoms with Gasteiger partial charge in [-0.3, -0.25) is 34.1 Å². The first-order chi connectivity index (χ1) is 14.6. The Bertz CT molecular complexity index is 989. The molecule has 0 spiro atoms. The number of fused-ring (bicyclic) bond motifs is 1. The fourth-order valence-electron chi connectivity index (χ4n) is 3.19. The fourth-order valence-corrected chi connectivity index (χ4v) is 4.52. The SMILES string of the molecule is CC(=O)OCC1=C(C(=O)O)N2C(=O)[C@H](NC(=O)[C@H](C)Cn3cc([N+](=O)[O-])cn3)[C@H]2SC1. The zero-order chi connectivity index (χ0) is 22.9. The molecule has 2 aliphatic heterocycles. The molecule has 3 heterocycles. The van der Waals surface area contributed by atoms with Crippen molar-refractivity contribution in [2.75, 3.05) is 12.4 Å². The summed E-state index contributed by atoms with van der Waals surface area (Å²) in [5.74, 6) is -3.36. The number of carboxylic acids is 1. The zero-order valence-corrected chi connectivity index (χ0v) is 17.3. The van der Waals surface area contributed by atoms with Crippen LogP contribution < -0.4 is 5.32 Å². The zero-order valence-electron chi connectivity index (χ0n) is 16.5. The number of hydrogen-bond acceptors (Lipinski definition) is 9. The highest BCUT2D eigenvalue weighted by Crippen LogP contribution is 2.40. The second kappa shape index (κ2) is 8.75. The van der Waals surface area contributed by atoms with Gasteiger partial charge in [-0.15, -0.1) is 11.8 Å². The van der Waals surface area contributed by atoms with Crippen LogP contribution in [0.25, 0.3) is 0 Å². The van der Waals surface area contributed by atoms with E-state index in [1.54, 1.807) is 6.92 Å². The first-order valence-corrected chi connectivity index (χ1v) is 10.2. The van der Waals surface area contributed by atoms with E-state index in [-0.39, 0.29) is 30.3 Å². The average molecular weight is 453 g/mol. The first-order valence-electron chi connectivity index (χ1n) is 9.10. The topological polar surface area (TPSA) is 174 Å². The second-order valence-electron chi connectivity index (χ2n) is 7.01. The molecule has 3 atom stereocenters. The molecule has 0 aromatic carbocycles. The number of nitrogens with zero attached hydrogens (tertiary/aromatic N) is 4. The largest absolute Gasteiger partial charge is 0.477 e. The van der Waals surface area contributed by atoms with Gasteiger partial charge in [0.05, 0.1) is 17.4 Å². The van der Waals surface area contributed by atoms with Crippen LogP contribution in [0.4, 0.5) is 5.69 Å². The third-order valence-corrected chi connectivity index (χ3v) is 6.08. The van der Waals surface area contributed by atoms with Crippen LogP contribution in [0.1, 0.15) is 13.8 Å². The number of carboxylic acid groups (broad SMARTS) is 1. The summed E-state index contributed by atoms with van der Waals surface area (Å²) >= 11 is 1.26. The molecule has 1 aromatic heterocycles. The number of amides is 2. The van der Waals surface area contributed by atoms with Crippen molar-refractivity contribution in [3.05, 3.63) is 33.8 Å². The van der Waals surface area contributed by atoms with Gasteiger partial charge in [-0.25, -0.2) is 4.79 Å². The summed E-state index contributed by atoms with van der Waals surface area (Å²) in [4.78, 5) is 59.0. The van der Waals surface area contributed by atoms with Crippen LogP contribution in [0.15, 0.2) is 23.7 Å². The Labute approximate surface area is 179 Å². The lowest BCUT2D eigenvalue weighted by Crippen LogP contribution is -2.71. The number of aromatic nitrogens is 2. The predicted molar refractivity (Wildman–Crippen MR) is 104 cm³/mol. The van der Waals surface area contributed by atoms with Crippen LogP contribution in [0, 0.1) is 16.0 Å². The van der Waals surface area contributed by atoms with Gasteiger partial charge < -0.3 is 15.2 Å². The molecule has 1 saturated heterocycles. The number of carbonyl (C=O) groups excluding carboxylic acids is 3. The van der Waals surface area contributed by atoms with Crippen molar-refractivity contribution in [3.63, 3.8) is 0 Å². The Morgan fingerprint density at radius 2 is 2.19 bits per heavy atom. The molecule has 0 saturated carbocycles. The van der Waals surface area contributed by atoms with Crippen molar-refractivity contribution < 1.29 is 33.9 Å². The van der Waals surface area contributed by atoms with E-state index in [0.29, 0.717) is 5.57 Å². The van der Waals surface area contributed by atoms with Crippen molar-refractivity contribution >= 4 is 41.2 Å². The van der Waals surface area contributed by atoms with Crippen LogP contribution in [0.2, 0.25) is 0 Å². The van der Waals surface area contributed by atoms with Gasteiger partial charge in [0.15, 0.2) is 0 Å². The van der Waals surface area contributed by atoms with Gasteiger partial charge in [-0.1, -0.05) is 6.92 Å². The molecule has 13 nitrogen and oxygen atoms in total. The van der Waals surface area contributed by atoms with Crippen molar-refractivity contribution in [3.8, 4) is 0 Å². The van der Waals surface area contributed by atoms with Gasteiger partial charge in [0, 0.05) is 18.2 Å². The van der Waals surface area contributed by atoms with Crippen molar-refractivity contribution in [1.29, 1.82) is 0 Å². The lowest BCUT2D eigenvalue weighted by Gasteiger charge is -2.49. The molecule has 0 aliphatic carbocycles. The van der Waals surface area contributed by atoms with Crippen LogP contribution >= 0.6 is 11.8 Å². The number of ether oxygens (including phenoxy) is 1. The molecule has 1 aromatic rings. The minimum atomic E-state index is -1.32. The van der Waals surface area contributed by atoms with Crippen LogP contribution in [0.3, 0.4) is 0 Å². The minimum absolute atomic E-state index is 0.0644. The highest BCUT2D eigenvalue weighted by molar-refractivity contribution is 8.00. The monoisotopic (exact) mass is 453 g/mol. The highest BCUT2D eigenvalue weighted by Gasteiger charge is 2.54. The van der Waals surface area contributed by atoms with E-state index < -0.39 is 46.0 Å². The average Bonchev–Trinajstić information content (AvgIpc) is 3.17. The molecule has 2 N–H and O–H groups in total. The van der Waals surface area contributed by atoms with Gasteiger partial charge >= 0.3 is 17.6 Å². The van der Waals surface area contributed by atoms with E-state index >= 15 is 0 Å². The number of β-lactam (4-membered cyclic amide) rings is 1. The lowest BCUT2D eigenvalue weighted by atomic mass is 10.0. The molecule has 0 bridgehead atoms. The molecule has 0 radical (unpaired) electrons. The summed E-state index contributed by atoms with van der Waals surface area (Å²) in [6, 6.07) is -0.906. The van der Waals surface area contributed by atoms with E-state index in [1.807, 2.05) is 0 Å². The highest BCUT2D eigenvalue weighted by atomic mass is 32.2. The number of nitro groups is 1.